The van der Waals surface area contributed by atoms with Gasteiger partial charge in [-0.1, -0.05) is 123 Å². The maximum Gasteiger partial charge on any atom is 0.235 e. The largest absolute Gasteiger partial charge is 0.454 e. The highest BCUT2D eigenvalue weighted by atomic mass is 32.1. The second-order valence-corrected chi connectivity index (χ2v) is 16.8. The number of fused-ring (bicyclic) bond motifs is 12. The lowest BCUT2D eigenvalue weighted by molar-refractivity contribution is 0.325. The van der Waals surface area contributed by atoms with Crippen molar-refractivity contribution in [1.29, 1.82) is 0 Å². The monoisotopic (exact) mass is 725 g/mol. The van der Waals surface area contributed by atoms with Gasteiger partial charge in [0.2, 0.25) is 5.95 Å². The average molecular weight is 726 g/mol. The second kappa shape index (κ2) is 11.4. The van der Waals surface area contributed by atoms with E-state index in [4.69, 9.17) is 14.4 Å². The Morgan fingerprint density at radius 1 is 0.727 bits per heavy atom. The third kappa shape index (κ3) is 4.45. The summed E-state index contributed by atoms with van der Waals surface area (Å²) in [4.78, 5) is 10.9. The van der Waals surface area contributed by atoms with E-state index < -0.39 is 0 Å². The quantitative estimate of drug-likeness (QED) is 0.182. The van der Waals surface area contributed by atoms with E-state index in [1.807, 2.05) is 17.4 Å². The van der Waals surface area contributed by atoms with Gasteiger partial charge in [0.05, 0.1) is 16.7 Å². The van der Waals surface area contributed by atoms with Crippen LogP contribution in [0.15, 0.2) is 156 Å². The smallest absolute Gasteiger partial charge is 0.235 e. The highest BCUT2D eigenvalue weighted by Crippen LogP contribution is 2.49. The zero-order chi connectivity index (χ0) is 36.4. The fraction of sp³-hybridized carbons (Fsp3) is 0.120. The normalized spacial score (nSPS) is 18.6. The molecular weight excluding hydrogens is 691 g/mol. The number of rotatable bonds is 3. The fourth-order valence-electron chi connectivity index (χ4n) is 9.69. The standard InChI is InChI=1S/C50H35N3OS/c1-29-20-24-40-37(16-10-26-50(40,2)28-29)45-38-13-3-6-17-41(38)51-49(52-45)53-42-25-21-30(31-14-9-15-36-33-12-5-8-19-44(33)55-48(31)36)27-39(42)34-22-23-35-32-11-4-7-18-43(32)54-47(35)46(34)53/h3-25,27,29H,26,28H2,1-2H3. The van der Waals surface area contributed by atoms with Crippen molar-refractivity contribution >= 4 is 91.7 Å². The van der Waals surface area contributed by atoms with Crippen LogP contribution in [0.5, 0.6) is 0 Å². The van der Waals surface area contributed by atoms with Gasteiger partial charge in [0, 0.05) is 52.7 Å². The van der Waals surface area contributed by atoms with Crippen molar-refractivity contribution in [1.82, 2.24) is 14.5 Å². The van der Waals surface area contributed by atoms with Gasteiger partial charge in [-0.25, -0.2) is 9.97 Å². The lowest BCUT2D eigenvalue weighted by atomic mass is 9.65. The van der Waals surface area contributed by atoms with Crippen molar-refractivity contribution in [3.8, 4) is 17.1 Å². The Hall–Kier alpha value is -6.30. The highest BCUT2D eigenvalue weighted by Gasteiger charge is 2.35. The number of hydrogen-bond donors (Lipinski definition) is 0. The number of hydrogen-bond acceptors (Lipinski definition) is 4. The average Bonchev–Trinajstić information content (AvgIpc) is 3.89. The zero-order valence-electron chi connectivity index (χ0n) is 30.5. The van der Waals surface area contributed by atoms with Crippen LogP contribution in [0.1, 0.15) is 32.4 Å². The summed E-state index contributed by atoms with van der Waals surface area (Å²) in [5, 5.41) is 8.10. The SMILES string of the molecule is CC1C=CC2=C(c3nc(-n4c5ccc(-c6cccc7c6sc6ccccc67)cc5c5ccc6c7ccccc7oc6c54)nc4ccccc34)C=CCC2(C)C1. The van der Waals surface area contributed by atoms with Gasteiger partial charge in [0.25, 0.3) is 0 Å². The molecule has 2 unspecified atom stereocenters. The summed E-state index contributed by atoms with van der Waals surface area (Å²) in [6.45, 7) is 4.74. The summed E-state index contributed by atoms with van der Waals surface area (Å²) in [5.74, 6) is 1.18. The maximum absolute atomic E-state index is 6.79. The van der Waals surface area contributed by atoms with E-state index in [0.717, 1.165) is 73.2 Å². The Bertz CT molecular complexity index is 3370. The minimum absolute atomic E-state index is 0.0609. The van der Waals surface area contributed by atoms with Crippen molar-refractivity contribution < 1.29 is 4.42 Å². The predicted octanol–water partition coefficient (Wildman–Crippen LogP) is 14.0. The van der Waals surface area contributed by atoms with Crippen LogP contribution in [-0.2, 0) is 0 Å². The molecule has 6 aromatic carbocycles. The third-order valence-corrected chi connectivity index (χ3v) is 13.4. The summed E-state index contributed by atoms with van der Waals surface area (Å²) in [5.41, 5.74) is 10.7. The van der Waals surface area contributed by atoms with Gasteiger partial charge in [0.1, 0.15) is 11.1 Å². The van der Waals surface area contributed by atoms with Gasteiger partial charge in [0.15, 0.2) is 5.58 Å². The van der Waals surface area contributed by atoms with Crippen LogP contribution in [0.2, 0.25) is 0 Å². The van der Waals surface area contributed by atoms with Crippen LogP contribution in [0.25, 0.3) is 97.5 Å². The Morgan fingerprint density at radius 2 is 1.53 bits per heavy atom. The molecular formula is C50H35N3OS. The van der Waals surface area contributed by atoms with E-state index in [1.54, 1.807) is 0 Å². The maximum atomic E-state index is 6.79. The molecule has 0 fully saturated rings. The van der Waals surface area contributed by atoms with E-state index in [1.165, 1.54) is 42.4 Å². The lowest BCUT2D eigenvalue weighted by Crippen LogP contribution is -2.26. The molecule has 0 bridgehead atoms. The molecule has 0 N–H and O–H groups in total. The number of aromatic nitrogens is 3. The Morgan fingerprint density at radius 3 is 2.45 bits per heavy atom. The first-order valence-corrected chi connectivity index (χ1v) is 20.0. The first-order chi connectivity index (χ1) is 27.0. The topological polar surface area (TPSA) is 43.9 Å². The van der Waals surface area contributed by atoms with Crippen molar-refractivity contribution in [2.45, 2.75) is 26.7 Å². The van der Waals surface area contributed by atoms with E-state index in [2.05, 4.69) is 158 Å². The molecule has 0 radical (unpaired) electrons. The number of para-hydroxylation sites is 2. The summed E-state index contributed by atoms with van der Waals surface area (Å²) in [7, 11) is 0. The number of furan rings is 1. The lowest BCUT2D eigenvalue weighted by Gasteiger charge is -2.39. The van der Waals surface area contributed by atoms with Gasteiger partial charge in [-0.3, -0.25) is 4.57 Å². The van der Waals surface area contributed by atoms with Crippen LogP contribution in [0.3, 0.4) is 0 Å². The van der Waals surface area contributed by atoms with Gasteiger partial charge in [-0.15, -0.1) is 11.3 Å². The molecule has 5 heteroatoms. The molecule has 12 rings (SSSR count). The second-order valence-electron chi connectivity index (χ2n) is 15.7. The predicted molar refractivity (Wildman–Crippen MR) is 231 cm³/mol. The van der Waals surface area contributed by atoms with E-state index in [9.17, 15) is 0 Å². The van der Waals surface area contributed by atoms with Gasteiger partial charge in [-0.05, 0) is 77.3 Å². The minimum Gasteiger partial charge on any atom is -0.454 e. The molecule has 0 saturated carbocycles. The van der Waals surface area contributed by atoms with Gasteiger partial charge < -0.3 is 4.42 Å². The van der Waals surface area contributed by atoms with E-state index in [-0.39, 0.29) is 5.41 Å². The zero-order valence-corrected chi connectivity index (χ0v) is 31.3. The minimum atomic E-state index is 0.0609. The summed E-state index contributed by atoms with van der Waals surface area (Å²) >= 11 is 1.87. The van der Waals surface area contributed by atoms with Crippen molar-refractivity contribution in [3.05, 3.63) is 157 Å². The third-order valence-electron chi connectivity index (χ3n) is 12.2. The van der Waals surface area contributed by atoms with Crippen LogP contribution in [-0.4, -0.2) is 14.5 Å². The number of benzene rings is 6. The summed E-state index contributed by atoms with van der Waals surface area (Å²) in [6.07, 6.45) is 11.5. The number of allylic oxidation sites excluding steroid dienone is 6. The van der Waals surface area contributed by atoms with Crippen LogP contribution in [0.4, 0.5) is 0 Å². The molecule has 0 spiro atoms. The number of nitrogens with zero attached hydrogens (tertiary/aromatic N) is 3. The molecule has 262 valence electrons. The van der Waals surface area contributed by atoms with Crippen molar-refractivity contribution in [2.24, 2.45) is 11.3 Å². The molecule has 0 saturated heterocycles. The molecule has 2 aliphatic rings. The first kappa shape index (κ1) is 31.1. The molecule has 4 heterocycles. The molecule has 2 atom stereocenters. The highest BCUT2D eigenvalue weighted by molar-refractivity contribution is 7.26. The summed E-state index contributed by atoms with van der Waals surface area (Å²) < 4.78 is 11.7. The van der Waals surface area contributed by atoms with Gasteiger partial charge >= 0.3 is 0 Å². The van der Waals surface area contributed by atoms with Crippen molar-refractivity contribution in [3.63, 3.8) is 0 Å². The number of thiophene rings is 1. The molecule has 4 nitrogen and oxygen atoms in total. The van der Waals surface area contributed by atoms with Crippen LogP contribution < -0.4 is 0 Å². The van der Waals surface area contributed by atoms with Crippen molar-refractivity contribution in [2.75, 3.05) is 0 Å². The molecule has 55 heavy (non-hydrogen) atoms. The van der Waals surface area contributed by atoms with Gasteiger partial charge in [-0.2, -0.15) is 0 Å². The summed E-state index contributed by atoms with van der Waals surface area (Å²) in [6, 6.07) is 43.6. The van der Waals surface area contributed by atoms with E-state index in [0.29, 0.717) is 11.9 Å². The molecule has 4 aromatic heterocycles. The Kier molecular flexibility index (Phi) is 6.42. The van der Waals surface area contributed by atoms with E-state index >= 15 is 0 Å². The molecule has 0 amide bonds. The molecule has 10 aromatic rings. The molecule has 0 aliphatic heterocycles. The van der Waals surface area contributed by atoms with Crippen LogP contribution >= 0.6 is 11.3 Å². The Labute approximate surface area is 321 Å². The van der Waals surface area contributed by atoms with Crippen LogP contribution in [0, 0.1) is 11.3 Å². The Balaban J connectivity index is 1.18. The first-order valence-electron chi connectivity index (χ1n) is 19.2. The fourth-order valence-corrected chi connectivity index (χ4v) is 10.9. The molecule has 2 aliphatic carbocycles.